The van der Waals surface area contributed by atoms with Gasteiger partial charge in [0.1, 0.15) is 5.75 Å². The van der Waals surface area contributed by atoms with Gasteiger partial charge in [-0.25, -0.2) is 0 Å². The monoisotopic (exact) mass is 253 g/mol. The maximum atomic E-state index is 9.28. The van der Waals surface area contributed by atoms with Crippen LogP contribution in [0.3, 0.4) is 0 Å². The van der Waals surface area contributed by atoms with E-state index in [1.165, 1.54) is 16.7 Å². The summed E-state index contributed by atoms with van der Waals surface area (Å²) in [4.78, 5) is 0. The van der Waals surface area contributed by atoms with E-state index in [2.05, 4.69) is 19.2 Å². The Hall–Kier alpha value is -1.10. The van der Waals surface area contributed by atoms with Crippen LogP contribution < -0.4 is 10.1 Å². The lowest BCUT2D eigenvalue weighted by atomic mass is 9.97. The van der Waals surface area contributed by atoms with Crippen molar-refractivity contribution in [1.29, 1.82) is 0 Å². The zero-order valence-electron chi connectivity index (χ0n) is 11.6. The molecule has 18 heavy (non-hydrogen) atoms. The Balaban J connectivity index is 2.80. The van der Waals surface area contributed by atoms with Crippen molar-refractivity contribution in [2.24, 2.45) is 0 Å². The van der Waals surface area contributed by atoms with Crippen LogP contribution >= 0.6 is 0 Å². The van der Waals surface area contributed by atoms with Gasteiger partial charge in [-0.2, -0.15) is 0 Å². The van der Waals surface area contributed by atoms with Crippen molar-refractivity contribution in [3.05, 3.63) is 28.3 Å². The molecule has 0 heterocycles. The predicted molar refractivity (Wildman–Crippen MR) is 72.0 cm³/mol. The van der Waals surface area contributed by atoms with Crippen LogP contribution in [0.15, 0.2) is 6.07 Å². The molecule has 1 unspecified atom stereocenters. The second-order valence-electron chi connectivity index (χ2n) is 4.59. The number of rotatable bonds is 6. The lowest BCUT2D eigenvalue weighted by molar-refractivity contribution is 0.0942. The van der Waals surface area contributed by atoms with Gasteiger partial charge in [0.05, 0.1) is 19.8 Å². The van der Waals surface area contributed by atoms with E-state index in [-0.39, 0.29) is 6.61 Å². The van der Waals surface area contributed by atoms with E-state index >= 15 is 0 Å². The van der Waals surface area contributed by atoms with Crippen molar-refractivity contribution in [1.82, 2.24) is 5.32 Å². The number of hydrogen-bond acceptors (Lipinski definition) is 4. The van der Waals surface area contributed by atoms with Crippen LogP contribution in [0.4, 0.5) is 0 Å². The van der Waals surface area contributed by atoms with Gasteiger partial charge in [0.25, 0.3) is 0 Å². The smallest absolute Gasteiger partial charge is 0.122 e. The molecule has 1 rings (SSSR count). The average Bonchev–Trinajstić information content (AvgIpc) is 2.37. The van der Waals surface area contributed by atoms with Crippen molar-refractivity contribution < 1.29 is 14.9 Å². The first kappa shape index (κ1) is 15.0. The van der Waals surface area contributed by atoms with Gasteiger partial charge in [-0.3, -0.25) is 0 Å². The van der Waals surface area contributed by atoms with Gasteiger partial charge in [0.2, 0.25) is 0 Å². The van der Waals surface area contributed by atoms with Gasteiger partial charge in [-0.15, -0.1) is 0 Å². The molecule has 102 valence electrons. The Kier molecular flexibility index (Phi) is 5.59. The maximum absolute atomic E-state index is 9.28. The number of aliphatic hydroxyl groups excluding tert-OH is 2. The van der Waals surface area contributed by atoms with Gasteiger partial charge in [0, 0.05) is 13.1 Å². The van der Waals surface area contributed by atoms with Crippen molar-refractivity contribution in [2.45, 2.75) is 33.4 Å². The molecular formula is C14H23NO3. The molecule has 0 aliphatic carbocycles. The number of benzene rings is 1. The van der Waals surface area contributed by atoms with Gasteiger partial charge >= 0.3 is 0 Å². The van der Waals surface area contributed by atoms with Crippen LogP contribution in [0, 0.1) is 20.8 Å². The molecule has 0 aliphatic heterocycles. The van der Waals surface area contributed by atoms with Crippen LogP contribution in [0.25, 0.3) is 0 Å². The molecule has 0 saturated carbocycles. The third kappa shape index (κ3) is 3.45. The van der Waals surface area contributed by atoms with Crippen LogP contribution in [0.1, 0.15) is 22.3 Å². The highest BCUT2D eigenvalue weighted by Crippen LogP contribution is 2.27. The molecule has 4 nitrogen and oxygen atoms in total. The van der Waals surface area contributed by atoms with Crippen LogP contribution in [0.5, 0.6) is 5.75 Å². The Morgan fingerprint density at radius 2 is 1.94 bits per heavy atom. The molecule has 0 amide bonds. The summed E-state index contributed by atoms with van der Waals surface area (Å²) in [5.74, 6) is 0.907. The Morgan fingerprint density at radius 3 is 2.50 bits per heavy atom. The fraction of sp³-hybridized carbons (Fsp3) is 0.571. The zero-order valence-corrected chi connectivity index (χ0v) is 11.6. The quantitative estimate of drug-likeness (QED) is 0.709. The highest BCUT2D eigenvalue weighted by Gasteiger charge is 2.10. The summed E-state index contributed by atoms with van der Waals surface area (Å²) in [6.07, 6.45) is -0.704. The first-order valence-corrected chi connectivity index (χ1v) is 6.14. The van der Waals surface area contributed by atoms with E-state index < -0.39 is 6.10 Å². The number of aliphatic hydroxyl groups is 2. The molecule has 1 atom stereocenters. The van der Waals surface area contributed by atoms with E-state index in [1.54, 1.807) is 7.11 Å². The van der Waals surface area contributed by atoms with E-state index in [9.17, 15) is 5.11 Å². The molecule has 3 N–H and O–H groups in total. The summed E-state index contributed by atoms with van der Waals surface area (Å²) in [6, 6.07) is 2.03. The molecule has 1 aromatic rings. The summed E-state index contributed by atoms with van der Waals surface area (Å²) in [6.45, 7) is 7.02. The van der Waals surface area contributed by atoms with Crippen LogP contribution in [-0.2, 0) is 6.54 Å². The highest BCUT2D eigenvalue weighted by atomic mass is 16.5. The van der Waals surface area contributed by atoms with Gasteiger partial charge < -0.3 is 20.3 Å². The predicted octanol–water partition coefficient (Wildman–Crippen LogP) is 1.06. The maximum Gasteiger partial charge on any atom is 0.122 e. The summed E-state index contributed by atoms with van der Waals surface area (Å²) in [7, 11) is 1.68. The molecule has 0 bridgehead atoms. The van der Waals surface area contributed by atoms with Gasteiger partial charge in [0.15, 0.2) is 0 Å². The van der Waals surface area contributed by atoms with Crippen molar-refractivity contribution in [2.75, 3.05) is 20.3 Å². The lowest BCUT2D eigenvalue weighted by Crippen LogP contribution is -2.29. The third-order valence-corrected chi connectivity index (χ3v) is 3.32. The Morgan fingerprint density at radius 1 is 1.28 bits per heavy atom. The first-order chi connectivity index (χ1) is 8.51. The number of hydrogen-bond donors (Lipinski definition) is 3. The van der Waals surface area contributed by atoms with E-state index in [4.69, 9.17) is 9.84 Å². The number of aryl methyl sites for hydroxylation is 1. The summed E-state index contributed by atoms with van der Waals surface area (Å²) < 4.78 is 5.33. The molecule has 0 aromatic heterocycles. The van der Waals surface area contributed by atoms with Crippen LogP contribution in [-0.4, -0.2) is 36.6 Å². The second kappa shape index (κ2) is 6.73. The Bertz CT molecular complexity index is 405. The van der Waals surface area contributed by atoms with Gasteiger partial charge in [-0.1, -0.05) is 0 Å². The molecule has 1 aromatic carbocycles. The summed E-state index contributed by atoms with van der Waals surface area (Å²) >= 11 is 0. The fourth-order valence-electron chi connectivity index (χ4n) is 2.01. The first-order valence-electron chi connectivity index (χ1n) is 6.14. The van der Waals surface area contributed by atoms with Crippen molar-refractivity contribution in [3.63, 3.8) is 0 Å². The standard InChI is InChI=1S/C14H23NO3/c1-9-5-14(18-4)11(3)10(2)13(9)7-15-6-12(17)8-16/h5,12,15-17H,6-8H2,1-4H3. The molecule has 0 aliphatic rings. The third-order valence-electron chi connectivity index (χ3n) is 3.32. The molecular weight excluding hydrogens is 230 g/mol. The van der Waals surface area contributed by atoms with E-state index in [1.807, 2.05) is 13.0 Å². The molecule has 0 radical (unpaired) electrons. The zero-order chi connectivity index (χ0) is 13.7. The van der Waals surface area contributed by atoms with Crippen molar-refractivity contribution in [3.8, 4) is 5.75 Å². The highest BCUT2D eigenvalue weighted by molar-refractivity contribution is 5.48. The Labute approximate surface area is 109 Å². The molecule has 0 saturated heterocycles. The molecule has 0 spiro atoms. The molecule has 4 heteroatoms. The van der Waals surface area contributed by atoms with Crippen molar-refractivity contribution >= 4 is 0 Å². The van der Waals surface area contributed by atoms with E-state index in [0.717, 1.165) is 11.3 Å². The summed E-state index contributed by atoms with van der Waals surface area (Å²) in [5.41, 5.74) is 4.74. The number of nitrogens with one attached hydrogen (secondary N) is 1. The topological polar surface area (TPSA) is 61.7 Å². The average molecular weight is 253 g/mol. The second-order valence-corrected chi connectivity index (χ2v) is 4.59. The minimum absolute atomic E-state index is 0.216. The van der Waals surface area contributed by atoms with Gasteiger partial charge in [-0.05, 0) is 49.1 Å². The minimum atomic E-state index is -0.704. The lowest BCUT2D eigenvalue weighted by Gasteiger charge is -2.17. The minimum Gasteiger partial charge on any atom is -0.496 e. The van der Waals surface area contributed by atoms with E-state index in [0.29, 0.717) is 13.1 Å². The summed E-state index contributed by atoms with van der Waals surface area (Å²) in [5, 5.41) is 21.2. The number of methoxy groups -OCH3 is 1. The van der Waals surface area contributed by atoms with Crippen LogP contribution in [0.2, 0.25) is 0 Å². The largest absolute Gasteiger partial charge is 0.496 e. The SMILES string of the molecule is COc1cc(C)c(CNCC(O)CO)c(C)c1C. The number of ether oxygens (including phenoxy) is 1. The normalized spacial score (nSPS) is 12.6. The molecule has 0 fully saturated rings. The fourth-order valence-corrected chi connectivity index (χ4v) is 2.01.